The maximum Gasteiger partial charge on any atom is 0.410 e. The number of carbonyl (C=O) groups excluding carboxylic acids is 2. The van der Waals surface area contributed by atoms with Gasteiger partial charge in [-0.05, 0) is 27.2 Å². The van der Waals surface area contributed by atoms with Gasteiger partial charge < -0.3 is 14.4 Å². The molecule has 1 amide bonds. The molecule has 0 bridgehead atoms. The summed E-state index contributed by atoms with van der Waals surface area (Å²) in [5.74, 6) is 0.229. The van der Waals surface area contributed by atoms with Gasteiger partial charge in [-0.25, -0.2) is 4.79 Å². The first-order valence-electron chi connectivity index (χ1n) is 6.43. The minimum atomic E-state index is -0.490. The summed E-state index contributed by atoms with van der Waals surface area (Å²) in [5.41, 5.74) is -0.942. The van der Waals surface area contributed by atoms with Gasteiger partial charge in [-0.15, -0.1) is 0 Å². The first kappa shape index (κ1) is 13.3. The van der Waals surface area contributed by atoms with Crippen molar-refractivity contribution in [1.82, 2.24) is 4.90 Å². The Bertz CT molecular complexity index is 360. The molecular formula is C13H21NO4. The van der Waals surface area contributed by atoms with E-state index in [0.717, 1.165) is 6.42 Å². The molecule has 0 N–H and O–H groups in total. The number of Topliss-reactive ketones (excluding diaryl/α,β-unsaturated/α-hetero) is 1. The minimum absolute atomic E-state index is 0.229. The molecule has 0 saturated carbocycles. The minimum Gasteiger partial charge on any atom is -0.444 e. The molecule has 2 aliphatic rings. The molecule has 102 valence electrons. The fourth-order valence-corrected chi connectivity index (χ4v) is 2.47. The van der Waals surface area contributed by atoms with E-state index in [1.807, 2.05) is 20.8 Å². The van der Waals surface area contributed by atoms with Gasteiger partial charge in [-0.2, -0.15) is 0 Å². The fourth-order valence-electron chi connectivity index (χ4n) is 2.47. The third kappa shape index (κ3) is 3.02. The molecule has 0 aromatic rings. The van der Waals surface area contributed by atoms with Crippen molar-refractivity contribution in [1.29, 1.82) is 0 Å². The normalized spacial score (nSPS) is 28.8. The molecule has 2 fully saturated rings. The first-order valence-corrected chi connectivity index (χ1v) is 6.43. The van der Waals surface area contributed by atoms with Crippen LogP contribution in [-0.2, 0) is 14.3 Å². The number of carbonyl (C=O) groups is 2. The smallest absolute Gasteiger partial charge is 0.410 e. The van der Waals surface area contributed by atoms with Crippen LogP contribution in [0.3, 0.4) is 0 Å². The van der Waals surface area contributed by atoms with E-state index in [4.69, 9.17) is 9.47 Å². The van der Waals surface area contributed by atoms with Crippen LogP contribution in [0.25, 0.3) is 0 Å². The maximum atomic E-state index is 11.9. The lowest BCUT2D eigenvalue weighted by atomic mass is 9.92. The largest absolute Gasteiger partial charge is 0.444 e. The van der Waals surface area contributed by atoms with E-state index >= 15 is 0 Å². The van der Waals surface area contributed by atoms with E-state index < -0.39 is 11.2 Å². The summed E-state index contributed by atoms with van der Waals surface area (Å²) in [6, 6.07) is 0. The van der Waals surface area contributed by atoms with Gasteiger partial charge in [0, 0.05) is 19.4 Å². The summed E-state index contributed by atoms with van der Waals surface area (Å²) in [4.78, 5) is 25.1. The van der Waals surface area contributed by atoms with Crippen molar-refractivity contribution in [3.05, 3.63) is 0 Å². The Hall–Kier alpha value is -1.10. The average Bonchev–Trinajstić information content (AvgIpc) is 2.59. The Labute approximate surface area is 107 Å². The van der Waals surface area contributed by atoms with Crippen LogP contribution in [0.5, 0.6) is 0 Å². The van der Waals surface area contributed by atoms with E-state index in [1.165, 1.54) is 0 Å². The van der Waals surface area contributed by atoms with Gasteiger partial charge in [0.2, 0.25) is 0 Å². The van der Waals surface area contributed by atoms with Gasteiger partial charge in [-0.1, -0.05) is 0 Å². The molecule has 2 aliphatic heterocycles. The number of hydrogen-bond donors (Lipinski definition) is 0. The Morgan fingerprint density at radius 3 is 2.78 bits per heavy atom. The van der Waals surface area contributed by atoms with Crippen molar-refractivity contribution in [3.8, 4) is 0 Å². The van der Waals surface area contributed by atoms with Crippen molar-refractivity contribution in [3.63, 3.8) is 0 Å². The topological polar surface area (TPSA) is 55.8 Å². The number of ether oxygens (including phenoxy) is 2. The zero-order valence-electron chi connectivity index (χ0n) is 11.3. The number of rotatable bonds is 0. The molecule has 0 aromatic heterocycles. The summed E-state index contributed by atoms with van der Waals surface area (Å²) in [7, 11) is 0. The van der Waals surface area contributed by atoms with Crippen LogP contribution < -0.4 is 0 Å². The van der Waals surface area contributed by atoms with Crippen LogP contribution in [0.4, 0.5) is 4.79 Å². The summed E-state index contributed by atoms with van der Waals surface area (Å²) in [5, 5.41) is 0. The van der Waals surface area contributed by atoms with Crippen molar-refractivity contribution < 1.29 is 19.1 Å². The van der Waals surface area contributed by atoms with Crippen molar-refractivity contribution in [2.24, 2.45) is 0 Å². The Kier molecular flexibility index (Phi) is 3.36. The third-order valence-electron chi connectivity index (χ3n) is 3.28. The molecule has 0 aliphatic carbocycles. The highest BCUT2D eigenvalue weighted by Gasteiger charge is 2.45. The Morgan fingerprint density at radius 2 is 2.17 bits per heavy atom. The van der Waals surface area contributed by atoms with Crippen molar-refractivity contribution in [2.45, 2.75) is 51.2 Å². The van der Waals surface area contributed by atoms with Crippen LogP contribution in [0.1, 0.15) is 40.0 Å². The Balaban J connectivity index is 1.95. The maximum absolute atomic E-state index is 11.9. The molecular weight excluding hydrogens is 234 g/mol. The molecule has 1 unspecified atom stereocenters. The molecule has 18 heavy (non-hydrogen) atoms. The second kappa shape index (κ2) is 4.53. The SMILES string of the molecule is CC(C)(C)OC(=O)N1CCC2(CC(=O)CCO2)C1. The van der Waals surface area contributed by atoms with Gasteiger partial charge in [0.15, 0.2) is 0 Å². The van der Waals surface area contributed by atoms with Gasteiger partial charge in [-0.3, -0.25) is 4.79 Å². The second-order valence-corrected chi connectivity index (χ2v) is 6.15. The third-order valence-corrected chi connectivity index (χ3v) is 3.28. The first-order chi connectivity index (χ1) is 8.30. The van der Waals surface area contributed by atoms with E-state index in [2.05, 4.69) is 0 Å². The summed E-state index contributed by atoms with van der Waals surface area (Å²) >= 11 is 0. The number of likely N-dealkylation sites (tertiary alicyclic amines) is 1. The fraction of sp³-hybridized carbons (Fsp3) is 0.846. The van der Waals surface area contributed by atoms with Crippen molar-refractivity contribution >= 4 is 11.9 Å². The van der Waals surface area contributed by atoms with E-state index in [0.29, 0.717) is 32.5 Å². The standard InChI is InChI=1S/C13H21NO4/c1-12(2,3)18-11(16)14-6-5-13(9-14)8-10(15)4-7-17-13/h4-9H2,1-3H3. The highest BCUT2D eigenvalue weighted by atomic mass is 16.6. The molecule has 1 atom stereocenters. The molecule has 5 nitrogen and oxygen atoms in total. The van der Waals surface area contributed by atoms with Gasteiger partial charge >= 0.3 is 6.09 Å². The molecule has 1 spiro atoms. The molecule has 0 radical (unpaired) electrons. The highest BCUT2D eigenvalue weighted by Crippen LogP contribution is 2.33. The summed E-state index contributed by atoms with van der Waals surface area (Å²) in [6.07, 6.45) is 1.32. The molecule has 2 rings (SSSR count). The van der Waals surface area contributed by atoms with Crippen LogP contribution >= 0.6 is 0 Å². The van der Waals surface area contributed by atoms with Gasteiger partial charge in [0.05, 0.1) is 18.8 Å². The zero-order valence-corrected chi connectivity index (χ0v) is 11.3. The molecule has 2 saturated heterocycles. The lowest BCUT2D eigenvalue weighted by molar-refractivity contribution is -0.138. The van der Waals surface area contributed by atoms with Crippen LogP contribution in [-0.4, -0.2) is 47.7 Å². The predicted octanol–water partition coefficient (Wildman–Crippen LogP) is 1.75. The number of amides is 1. The second-order valence-electron chi connectivity index (χ2n) is 6.15. The van der Waals surface area contributed by atoms with E-state index in [1.54, 1.807) is 4.90 Å². The summed E-state index contributed by atoms with van der Waals surface area (Å²) < 4.78 is 11.1. The zero-order chi connectivity index (χ0) is 13.4. The molecule has 0 aromatic carbocycles. The molecule has 2 heterocycles. The average molecular weight is 255 g/mol. The number of nitrogens with zero attached hydrogens (tertiary/aromatic N) is 1. The van der Waals surface area contributed by atoms with Gasteiger partial charge in [0.25, 0.3) is 0 Å². The lowest BCUT2D eigenvalue weighted by Gasteiger charge is -2.33. The lowest BCUT2D eigenvalue weighted by Crippen LogP contribution is -2.44. The van der Waals surface area contributed by atoms with Crippen LogP contribution in [0.2, 0.25) is 0 Å². The van der Waals surface area contributed by atoms with E-state index in [9.17, 15) is 9.59 Å². The molecule has 5 heteroatoms. The van der Waals surface area contributed by atoms with Crippen LogP contribution in [0.15, 0.2) is 0 Å². The summed E-state index contributed by atoms with van der Waals surface area (Å²) in [6.45, 7) is 7.07. The van der Waals surface area contributed by atoms with Gasteiger partial charge in [0.1, 0.15) is 11.4 Å². The predicted molar refractivity (Wildman–Crippen MR) is 65.3 cm³/mol. The highest BCUT2D eigenvalue weighted by molar-refractivity contribution is 5.80. The number of hydrogen-bond acceptors (Lipinski definition) is 4. The monoisotopic (exact) mass is 255 g/mol. The Morgan fingerprint density at radius 1 is 1.44 bits per heavy atom. The quantitative estimate of drug-likeness (QED) is 0.661. The van der Waals surface area contributed by atoms with Crippen molar-refractivity contribution in [2.75, 3.05) is 19.7 Å². The van der Waals surface area contributed by atoms with E-state index in [-0.39, 0.29) is 11.9 Å². The number of ketones is 1. The van der Waals surface area contributed by atoms with Crippen LogP contribution in [0, 0.1) is 0 Å².